The van der Waals surface area contributed by atoms with Gasteiger partial charge in [0.15, 0.2) is 5.82 Å². The van der Waals surface area contributed by atoms with E-state index in [1.165, 1.54) is 0 Å². The predicted molar refractivity (Wildman–Crippen MR) is 87.7 cm³/mol. The van der Waals surface area contributed by atoms with Gasteiger partial charge < -0.3 is 5.73 Å². The van der Waals surface area contributed by atoms with E-state index in [1.807, 2.05) is 30.3 Å². The Kier molecular flexibility index (Phi) is 4.71. The van der Waals surface area contributed by atoms with Gasteiger partial charge in [0.2, 0.25) is 5.91 Å². The van der Waals surface area contributed by atoms with Gasteiger partial charge in [-0.25, -0.2) is 4.98 Å². The van der Waals surface area contributed by atoms with Gasteiger partial charge >= 0.3 is 0 Å². The van der Waals surface area contributed by atoms with Crippen LogP contribution in [0.1, 0.15) is 48.9 Å². The molecule has 0 radical (unpaired) electrons. The van der Waals surface area contributed by atoms with Crippen molar-refractivity contribution in [3.05, 3.63) is 47.5 Å². The van der Waals surface area contributed by atoms with Crippen molar-refractivity contribution < 1.29 is 4.79 Å². The van der Waals surface area contributed by atoms with Gasteiger partial charge in [0.05, 0.1) is 0 Å². The van der Waals surface area contributed by atoms with Gasteiger partial charge in [-0.1, -0.05) is 37.3 Å². The molecule has 0 saturated carbocycles. The maximum Gasteiger partial charge on any atom is 0.239 e. The lowest BCUT2D eigenvalue weighted by molar-refractivity contribution is -0.124. The number of piperidine rings is 1. The highest BCUT2D eigenvalue weighted by Gasteiger charge is 2.31. The molecule has 2 heterocycles. The number of benzene rings is 1. The van der Waals surface area contributed by atoms with E-state index in [9.17, 15) is 4.79 Å². The lowest BCUT2D eigenvalue weighted by atomic mass is 9.93. The highest BCUT2D eigenvalue weighted by molar-refractivity contribution is 5.81. The average Bonchev–Trinajstić information content (AvgIpc) is 3.05. The zero-order valence-electron chi connectivity index (χ0n) is 13.4. The summed E-state index contributed by atoms with van der Waals surface area (Å²) in [5.41, 5.74) is 6.62. The van der Waals surface area contributed by atoms with Gasteiger partial charge in [0.1, 0.15) is 11.9 Å². The first-order valence-corrected chi connectivity index (χ1v) is 8.18. The van der Waals surface area contributed by atoms with Gasteiger partial charge in [-0.3, -0.25) is 14.8 Å². The Labute approximate surface area is 136 Å². The van der Waals surface area contributed by atoms with Crippen molar-refractivity contribution in [3.8, 4) is 0 Å². The molecule has 1 aromatic carbocycles. The number of aromatic nitrogens is 3. The van der Waals surface area contributed by atoms with E-state index in [4.69, 9.17) is 5.73 Å². The molecule has 0 spiro atoms. The first kappa shape index (κ1) is 15.7. The minimum atomic E-state index is -0.351. The first-order chi connectivity index (χ1) is 11.2. The molecule has 1 atom stereocenters. The second kappa shape index (κ2) is 6.91. The van der Waals surface area contributed by atoms with Crippen LogP contribution in [0, 0.1) is 0 Å². The smallest absolute Gasteiger partial charge is 0.239 e. The number of hydrogen-bond acceptors (Lipinski definition) is 4. The number of aryl methyl sites for hydroxylation is 1. The fraction of sp³-hybridized carbons (Fsp3) is 0.471. The van der Waals surface area contributed by atoms with Crippen LogP contribution in [-0.4, -0.2) is 39.1 Å². The molecule has 6 heteroatoms. The number of hydrogen-bond donors (Lipinski definition) is 2. The molecule has 23 heavy (non-hydrogen) atoms. The van der Waals surface area contributed by atoms with E-state index in [2.05, 4.69) is 27.0 Å². The summed E-state index contributed by atoms with van der Waals surface area (Å²) in [6.45, 7) is 3.70. The summed E-state index contributed by atoms with van der Waals surface area (Å²) in [5, 5.41) is 7.31. The minimum absolute atomic E-state index is 0.291. The van der Waals surface area contributed by atoms with Crippen molar-refractivity contribution in [1.82, 2.24) is 20.1 Å². The van der Waals surface area contributed by atoms with Crippen LogP contribution in [0.3, 0.4) is 0 Å². The SMILES string of the molecule is CCc1nc(C2CCN(C(C(N)=O)c3ccccc3)CC2)n[nH]1. The molecule has 1 amide bonds. The molecule has 1 fully saturated rings. The maximum atomic E-state index is 11.9. The van der Waals surface area contributed by atoms with Crippen molar-refractivity contribution in [2.75, 3.05) is 13.1 Å². The van der Waals surface area contributed by atoms with Gasteiger partial charge in [0, 0.05) is 12.3 Å². The molecule has 2 aromatic rings. The van der Waals surface area contributed by atoms with E-state index in [0.29, 0.717) is 5.92 Å². The Morgan fingerprint density at radius 1 is 1.35 bits per heavy atom. The summed E-state index contributed by atoms with van der Waals surface area (Å²) in [7, 11) is 0. The molecule has 3 rings (SSSR count). The molecule has 122 valence electrons. The van der Waals surface area contributed by atoms with E-state index in [-0.39, 0.29) is 11.9 Å². The van der Waals surface area contributed by atoms with Crippen LogP contribution in [-0.2, 0) is 11.2 Å². The van der Waals surface area contributed by atoms with Gasteiger partial charge in [-0.2, -0.15) is 5.10 Å². The van der Waals surface area contributed by atoms with Crippen LogP contribution in [0.2, 0.25) is 0 Å². The number of nitrogens with two attached hydrogens (primary N) is 1. The quantitative estimate of drug-likeness (QED) is 0.880. The summed E-state index contributed by atoms with van der Waals surface area (Å²) in [4.78, 5) is 18.7. The number of nitrogens with zero attached hydrogens (tertiary/aromatic N) is 3. The van der Waals surface area contributed by atoms with Crippen molar-refractivity contribution >= 4 is 5.91 Å². The number of aromatic amines is 1. The third-order valence-corrected chi connectivity index (χ3v) is 4.53. The highest BCUT2D eigenvalue weighted by atomic mass is 16.1. The third-order valence-electron chi connectivity index (χ3n) is 4.53. The Morgan fingerprint density at radius 2 is 2.04 bits per heavy atom. The number of amides is 1. The number of carbonyl (C=O) groups excluding carboxylic acids is 1. The van der Waals surface area contributed by atoms with Crippen molar-refractivity contribution in [2.24, 2.45) is 5.73 Å². The molecule has 3 N–H and O–H groups in total. The number of rotatable bonds is 5. The molecule has 1 unspecified atom stereocenters. The van der Waals surface area contributed by atoms with Crippen LogP contribution in [0.4, 0.5) is 0 Å². The van der Waals surface area contributed by atoms with Crippen LogP contribution < -0.4 is 5.73 Å². The lowest BCUT2D eigenvalue weighted by Gasteiger charge is -2.35. The monoisotopic (exact) mass is 313 g/mol. The summed E-state index contributed by atoms with van der Waals surface area (Å²) in [6, 6.07) is 9.41. The van der Waals surface area contributed by atoms with Crippen LogP contribution in [0.15, 0.2) is 30.3 Å². The predicted octanol–water partition coefficient (Wildman–Crippen LogP) is 1.77. The molecule has 1 aliphatic rings. The minimum Gasteiger partial charge on any atom is -0.368 e. The largest absolute Gasteiger partial charge is 0.368 e. The molecular weight excluding hydrogens is 290 g/mol. The van der Waals surface area contributed by atoms with E-state index < -0.39 is 0 Å². The number of primary amides is 1. The highest BCUT2D eigenvalue weighted by Crippen LogP contribution is 2.30. The van der Waals surface area contributed by atoms with Crippen LogP contribution >= 0.6 is 0 Å². The molecule has 0 aliphatic carbocycles. The Hall–Kier alpha value is -2.21. The molecule has 0 bridgehead atoms. The van der Waals surface area contributed by atoms with Crippen LogP contribution in [0.25, 0.3) is 0 Å². The summed E-state index contributed by atoms with van der Waals surface area (Å²) < 4.78 is 0. The second-order valence-corrected chi connectivity index (χ2v) is 6.02. The lowest BCUT2D eigenvalue weighted by Crippen LogP contribution is -2.42. The fourth-order valence-corrected chi connectivity index (χ4v) is 3.26. The number of likely N-dealkylation sites (tertiary alicyclic amines) is 1. The Balaban J connectivity index is 1.68. The average molecular weight is 313 g/mol. The number of carbonyl (C=O) groups is 1. The van der Waals surface area contributed by atoms with Crippen molar-refractivity contribution in [1.29, 1.82) is 0 Å². The standard InChI is InChI=1S/C17H23N5O/c1-2-14-19-17(21-20-14)13-8-10-22(11-9-13)15(16(18)23)12-6-4-3-5-7-12/h3-7,13,15H,2,8-11H2,1H3,(H2,18,23)(H,19,20,21). The van der Waals surface area contributed by atoms with Gasteiger partial charge in [0.25, 0.3) is 0 Å². The summed E-state index contributed by atoms with van der Waals surface area (Å²) in [5.74, 6) is 1.89. The molecular formula is C17H23N5O. The third kappa shape index (κ3) is 3.42. The molecule has 1 aromatic heterocycles. The fourth-order valence-electron chi connectivity index (χ4n) is 3.26. The van der Waals surface area contributed by atoms with Crippen LogP contribution in [0.5, 0.6) is 0 Å². The summed E-state index contributed by atoms with van der Waals surface area (Å²) in [6.07, 6.45) is 2.75. The van der Waals surface area contributed by atoms with E-state index in [0.717, 1.165) is 49.6 Å². The Morgan fingerprint density at radius 3 is 2.61 bits per heavy atom. The second-order valence-electron chi connectivity index (χ2n) is 6.02. The molecule has 1 saturated heterocycles. The van der Waals surface area contributed by atoms with Crippen molar-refractivity contribution in [3.63, 3.8) is 0 Å². The van der Waals surface area contributed by atoms with E-state index in [1.54, 1.807) is 0 Å². The van der Waals surface area contributed by atoms with Crippen molar-refractivity contribution in [2.45, 2.75) is 38.1 Å². The van der Waals surface area contributed by atoms with Gasteiger partial charge in [-0.15, -0.1) is 0 Å². The Bertz CT molecular complexity index is 646. The normalized spacial score (nSPS) is 18.0. The van der Waals surface area contributed by atoms with E-state index >= 15 is 0 Å². The number of H-pyrrole nitrogens is 1. The molecule has 1 aliphatic heterocycles. The molecule has 6 nitrogen and oxygen atoms in total. The summed E-state index contributed by atoms with van der Waals surface area (Å²) >= 11 is 0. The first-order valence-electron chi connectivity index (χ1n) is 8.18. The number of nitrogens with one attached hydrogen (secondary N) is 1. The zero-order valence-corrected chi connectivity index (χ0v) is 13.4. The van der Waals surface area contributed by atoms with Gasteiger partial charge in [-0.05, 0) is 31.5 Å². The topological polar surface area (TPSA) is 87.9 Å². The zero-order chi connectivity index (χ0) is 16.2. The maximum absolute atomic E-state index is 11.9.